The molecule has 0 aromatic rings. The van der Waals surface area contributed by atoms with E-state index in [1.807, 2.05) is 17.5 Å². The molecule has 0 unspecified atom stereocenters. The van der Waals surface area contributed by atoms with Gasteiger partial charge >= 0.3 is 0 Å². The van der Waals surface area contributed by atoms with Gasteiger partial charge in [-0.05, 0) is 6.42 Å². The third-order valence-electron chi connectivity index (χ3n) is 1.27. The van der Waals surface area contributed by atoms with Gasteiger partial charge in [0.2, 0.25) is 0 Å². The summed E-state index contributed by atoms with van der Waals surface area (Å²) in [7, 11) is 1.71. The van der Waals surface area contributed by atoms with Gasteiger partial charge in [-0.25, -0.2) is 0 Å². The second-order valence-corrected chi connectivity index (χ2v) is 2.09. The van der Waals surface area contributed by atoms with Gasteiger partial charge in [0.1, 0.15) is 0 Å². The molecule has 2 N–H and O–H groups in total. The fraction of sp³-hybridized carbons (Fsp3) is 0.667. The Bertz CT molecular complexity index is 108. The average molecular weight is 143 g/mol. The number of rotatable bonds is 4. The van der Waals surface area contributed by atoms with Crippen molar-refractivity contribution in [2.75, 3.05) is 20.3 Å². The number of methoxy groups -OCH3 is 1. The minimum atomic E-state index is 0.805. The van der Waals surface area contributed by atoms with E-state index >= 15 is 0 Å². The van der Waals surface area contributed by atoms with Gasteiger partial charge in [0, 0.05) is 32.7 Å². The molecule has 0 spiro atoms. The molecular formula is C6H13N3O. The quantitative estimate of drug-likeness (QED) is 0.535. The highest BCUT2D eigenvalue weighted by Gasteiger charge is 2.01. The summed E-state index contributed by atoms with van der Waals surface area (Å²) < 4.78 is 4.90. The smallest absolute Gasteiger partial charge is 0.0475 e. The molecule has 0 amide bonds. The third kappa shape index (κ3) is 2.24. The van der Waals surface area contributed by atoms with E-state index in [4.69, 9.17) is 4.74 Å². The van der Waals surface area contributed by atoms with Crippen molar-refractivity contribution < 1.29 is 4.74 Å². The zero-order valence-corrected chi connectivity index (χ0v) is 6.13. The second-order valence-electron chi connectivity index (χ2n) is 2.09. The lowest BCUT2D eigenvalue weighted by Crippen LogP contribution is -2.38. The minimum absolute atomic E-state index is 0.805. The first-order chi connectivity index (χ1) is 4.93. The first kappa shape index (κ1) is 7.37. The van der Waals surface area contributed by atoms with Crippen molar-refractivity contribution in [3.63, 3.8) is 0 Å². The van der Waals surface area contributed by atoms with E-state index in [2.05, 4.69) is 10.9 Å². The van der Waals surface area contributed by atoms with E-state index in [0.717, 1.165) is 19.6 Å². The molecule has 0 bridgehead atoms. The predicted molar refractivity (Wildman–Crippen MR) is 38.6 cm³/mol. The van der Waals surface area contributed by atoms with Crippen LogP contribution in [0.25, 0.3) is 0 Å². The molecule has 0 aliphatic carbocycles. The monoisotopic (exact) mass is 143 g/mol. The van der Waals surface area contributed by atoms with Crippen LogP contribution in [-0.2, 0) is 4.74 Å². The van der Waals surface area contributed by atoms with E-state index in [1.165, 1.54) is 0 Å². The van der Waals surface area contributed by atoms with Crippen molar-refractivity contribution in [1.82, 2.24) is 16.0 Å². The van der Waals surface area contributed by atoms with Gasteiger partial charge in [0.05, 0.1) is 0 Å². The molecule has 0 aromatic carbocycles. The number of hydrogen-bond acceptors (Lipinski definition) is 4. The van der Waals surface area contributed by atoms with Crippen LogP contribution in [0.5, 0.6) is 0 Å². The third-order valence-corrected chi connectivity index (χ3v) is 1.27. The molecule has 4 heteroatoms. The second kappa shape index (κ2) is 4.14. The molecule has 1 rings (SSSR count). The molecule has 58 valence electrons. The minimum Gasteiger partial charge on any atom is -0.385 e. The molecule has 0 aromatic heterocycles. The number of ether oxygens (including phenoxy) is 1. The van der Waals surface area contributed by atoms with Crippen LogP contribution >= 0.6 is 0 Å². The van der Waals surface area contributed by atoms with E-state index in [9.17, 15) is 0 Å². The Kier molecular flexibility index (Phi) is 3.05. The van der Waals surface area contributed by atoms with Crippen LogP contribution in [0, 0.1) is 0 Å². The Balaban J connectivity index is 1.93. The summed E-state index contributed by atoms with van der Waals surface area (Å²) in [5.41, 5.74) is 6.00. The summed E-state index contributed by atoms with van der Waals surface area (Å²) in [5, 5.41) is 1.90. The Hall–Kier alpha value is -0.740. The summed E-state index contributed by atoms with van der Waals surface area (Å²) in [6.45, 7) is 1.75. The maximum atomic E-state index is 4.90. The number of nitrogens with zero attached hydrogens (tertiary/aromatic N) is 1. The van der Waals surface area contributed by atoms with E-state index < -0.39 is 0 Å². The Labute approximate surface area is 60.8 Å². The normalized spacial score (nSPS) is 16.9. The topological polar surface area (TPSA) is 36.5 Å². The summed E-state index contributed by atoms with van der Waals surface area (Å²) in [5.74, 6) is 0. The molecule has 0 fully saturated rings. The fourth-order valence-corrected chi connectivity index (χ4v) is 0.788. The summed E-state index contributed by atoms with van der Waals surface area (Å²) >= 11 is 0. The lowest BCUT2D eigenvalue weighted by atomic mass is 10.5. The van der Waals surface area contributed by atoms with Gasteiger partial charge in [0.15, 0.2) is 0 Å². The molecular weight excluding hydrogens is 130 g/mol. The Morgan fingerprint density at radius 1 is 1.40 bits per heavy atom. The van der Waals surface area contributed by atoms with Crippen LogP contribution in [0.15, 0.2) is 12.4 Å². The van der Waals surface area contributed by atoms with Crippen molar-refractivity contribution in [1.29, 1.82) is 0 Å². The highest BCUT2D eigenvalue weighted by atomic mass is 16.5. The van der Waals surface area contributed by atoms with Crippen molar-refractivity contribution in [2.45, 2.75) is 6.42 Å². The number of hydrogen-bond donors (Lipinski definition) is 2. The van der Waals surface area contributed by atoms with Gasteiger partial charge < -0.3 is 15.6 Å². The van der Waals surface area contributed by atoms with Crippen LogP contribution in [-0.4, -0.2) is 25.4 Å². The van der Waals surface area contributed by atoms with E-state index in [0.29, 0.717) is 0 Å². The highest BCUT2D eigenvalue weighted by molar-refractivity contribution is 4.80. The van der Waals surface area contributed by atoms with Crippen molar-refractivity contribution in [3.05, 3.63) is 12.4 Å². The van der Waals surface area contributed by atoms with Gasteiger partial charge in [-0.3, -0.25) is 0 Å². The molecule has 0 saturated carbocycles. The molecule has 0 saturated heterocycles. The molecule has 0 radical (unpaired) electrons. The molecule has 4 nitrogen and oxygen atoms in total. The molecule has 1 aliphatic heterocycles. The zero-order valence-electron chi connectivity index (χ0n) is 6.13. The Morgan fingerprint density at radius 3 is 2.70 bits per heavy atom. The summed E-state index contributed by atoms with van der Waals surface area (Å²) in [6, 6.07) is 0. The lowest BCUT2D eigenvalue weighted by molar-refractivity contribution is 0.143. The standard InChI is InChI=1S/C6H13N3O/c1-10-6-2-5-9-7-3-4-8-9/h3-4,7-8H,2,5-6H2,1H3. The fourth-order valence-electron chi connectivity index (χ4n) is 0.788. The zero-order chi connectivity index (χ0) is 7.23. The van der Waals surface area contributed by atoms with Crippen molar-refractivity contribution >= 4 is 0 Å². The SMILES string of the molecule is COCCCN1NC=CN1. The maximum Gasteiger partial charge on any atom is 0.0475 e. The predicted octanol–water partition coefficient (Wildman–Crippen LogP) is -0.181. The molecule has 0 atom stereocenters. The van der Waals surface area contributed by atoms with Gasteiger partial charge in [-0.1, -0.05) is 0 Å². The number of nitrogens with one attached hydrogen (secondary N) is 2. The van der Waals surface area contributed by atoms with E-state index in [-0.39, 0.29) is 0 Å². The van der Waals surface area contributed by atoms with Crippen LogP contribution in [0.2, 0.25) is 0 Å². The van der Waals surface area contributed by atoms with Gasteiger partial charge in [-0.2, -0.15) is 0 Å². The van der Waals surface area contributed by atoms with Crippen LogP contribution < -0.4 is 10.9 Å². The van der Waals surface area contributed by atoms with Gasteiger partial charge in [-0.15, -0.1) is 5.12 Å². The Morgan fingerprint density at radius 2 is 2.10 bits per heavy atom. The first-order valence-corrected chi connectivity index (χ1v) is 3.37. The van der Waals surface area contributed by atoms with Gasteiger partial charge in [0.25, 0.3) is 0 Å². The maximum absolute atomic E-state index is 4.90. The lowest BCUT2D eigenvalue weighted by Gasteiger charge is -2.15. The average Bonchev–Trinajstić information content (AvgIpc) is 2.41. The first-order valence-electron chi connectivity index (χ1n) is 3.37. The molecule has 10 heavy (non-hydrogen) atoms. The summed E-state index contributed by atoms with van der Waals surface area (Å²) in [4.78, 5) is 0. The van der Waals surface area contributed by atoms with E-state index in [1.54, 1.807) is 7.11 Å². The van der Waals surface area contributed by atoms with Crippen LogP contribution in [0.3, 0.4) is 0 Å². The van der Waals surface area contributed by atoms with Crippen molar-refractivity contribution in [2.24, 2.45) is 0 Å². The van der Waals surface area contributed by atoms with Crippen molar-refractivity contribution in [3.8, 4) is 0 Å². The highest BCUT2D eigenvalue weighted by Crippen LogP contribution is 1.88. The molecule has 1 aliphatic rings. The van der Waals surface area contributed by atoms with Crippen LogP contribution in [0.1, 0.15) is 6.42 Å². The number of hydrazine groups is 2. The van der Waals surface area contributed by atoms with Crippen LogP contribution in [0.4, 0.5) is 0 Å². The largest absolute Gasteiger partial charge is 0.385 e. The molecule has 1 heterocycles. The summed E-state index contributed by atoms with van der Waals surface area (Å²) in [6.07, 6.45) is 4.73.